The summed E-state index contributed by atoms with van der Waals surface area (Å²) in [7, 11) is 0. The summed E-state index contributed by atoms with van der Waals surface area (Å²) in [5.41, 5.74) is -0.111. The zero-order valence-corrected chi connectivity index (χ0v) is 12.2. The highest BCUT2D eigenvalue weighted by Gasteiger charge is 2.26. The van der Waals surface area contributed by atoms with Gasteiger partial charge in [-0.3, -0.25) is 4.90 Å². The van der Waals surface area contributed by atoms with Gasteiger partial charge in [-0.15, -0.1) is 0 Å². The van der Waals surface area contributed by atoms with Gasteiger partial charge >= 0.3 is 0 Å². The first-order valence-corrected chi connectivity index (χ1v) is 7.18. The predicted octanol–water partition coefficient (Wildman–Crippen LogP) is 2.10. The molecule has 1 aromatic heterocycles. The Bertz CT molecular complexity index is 392. The van der Waals surface area contributed by atoms with E-state index in [2.05, 4.69) is 35.8 Å². The molecule has 0 aromatic carbocycles. The van der Waals surface area contributed by atoms with E-state index in [4.69, 9.17) is 4.52 Å². The first kappa shape index (κ1) is 14.5. The van der Waals surface area contributed by atoms with E-state index in [0.29, 0.717) is 25.0 Å². The van der Waals surface area contributed by atoms with Gasteiger partial charge in [0.1, 0.15) is 0 Å². The molecule has 0 saturated heterocycles. The van der Waals surface area contributed by atoms with Crippen molar-refractivity contribution in [2.45, 2.75) is 64.5 Å². The molecular weight excluding hydrogens is 242 g/mol. The summed E-state index contributed by atoms with van der Waals surface area (Å²) in [6.07, 6.45) is 4.99. The van der Waals surface area contributed by atoms with Crippen LogP contribution in [0.5, 0.6) is 0 Å². The fourth-order valence-electron chi connectivity index (χ4n) is 2.59. The SMILES string of the molecule is CC(C)(C)c1nc(CN(CCO)C2CCCC2)no1. The number of aliphatic hydroxyl groups excluding tert-OH is 1. The van der Waals surface area contributed by atoms with Gasteiger partial charge in [0.15, 0.2) is 5.82 Å². The first-order chi connectivity index (χ1) is 9.00. The van der Waals surface area contributed by atoms with Crippen molar-refractivity contribution in [2.75, 3.05) is 13.2 Å². The van der Waals surface area contributed by atoms with Crippen LogP contribution >= 0.6 is 0 Å². The maximum atomic E-state index is 9.20. The molecule has 1 heterocycles. The number of hydrogen-bond acceptors (Lipinski definition) is 5. The van der Waals surface area contributed by atoms with Crippen LogP contribution in [-0.2, 0) is 12.0 Å². The van der Waals surface area contributed by atoms with Gasteiger partial charge in [0.05, 0.1) is 13.2 Å². The van der Waals surface area contributed by atoms with Gasteiger partial charge in [-0.25, -0.2) is 0 Å². The molecule has 19 heavy (non-hydrogen) atoms. The third-order valence-corrected chi connectivity index (χ3v) is 3.68. The van der Waals surface area contributed by atoms with E-state index in [0.717, 1.165) is 5.82 Å². The van der Waals surface area contributed by atoms with Crippen molar-refractivity contribution in [3.63, 3.8) is 0 Å². The zero-order chi connectivity index (χ0) is 13.9. The molecule has 2 rings (SSSR count). The molecule has 1 aliphatic carbocycles. The molecule has 5 nitrogen and oxygen atoms in total. The van der Waals surface area contributed by atoms with E-state index >= 15 is 0 Å². The number of hydrogen-bond donors (Lipinski definition) is 1. The quantitative estimate of drug-likeness (QED) is 0.885. The third-order valence-electron chi connectivity index (χ3n) is 3.68. The second kappa shape index (κ2) is 6.01. The molecule has 1 aliphatic rings. The molecule has 0 atom stereocenters. The molecule has 1 N–H and O–H groups in total. The van der Waals surface area contributed by atoms with Crippen LogP contribution in [0.4, 0.5) is 0 Å². The zero-order valence-electron chi connectivity index (χ0n) is 12.2. The normalized spacial score (nSPS) is 17.5. The lowest BCUT2D eigenvalue weighted by Crippen LogP contribution is -2.35. The number of aliphatic hydroxyl groups is 1. The van der Waals surface area contributed by atoms with Crippen molar-refractivity contribution < 1.29 is 9.63 Å². The molecule has 0 bridgehead atoms. The van der Waals surface area contributed by atoms with Crippen LogP contribution < -0.4 is 0 Å². The molecule has 1 saturated carbocycles. The molecule has 0 spiro atoms. The minimum absolute atomic E-state index is 0.111. The van der Waals surface area contributed by atoms with Crippen molar-refractivity contribution in [2.24, 2.45) is 0 Å². The van der Waals surface area contributed by atoms with Gasteiger partial charge in [0, 0.05) is 18.0 Å². The molecule has 5 heteroatoms. The van der Waals surface area contributed by atoms with Crippen LogP contribution in [0.15, 0.2) is 4.52 Å². The summed E-state index contributed by atoms with van der Waals surface area (Å²) in [4.78, 5) is 6.76. The standard InChI is InChI=1S/C14H25N3O2/c1-14(2,3)13-15-12(16-19-13)10-17(8-9-18)11-6-4-5-7-11/h11,18H,4-10H2,1-3H3. The van der Waals surface area contributed by atoms with Crippen LogP contribution in [0.25, 0.3) is 0 Å². The van der Waals surface area contributed by atoms with Gasteiger partial charge < -0.3 is 9.63 Å². The van der Waals surface area contributed by atoms with Crippen molar-refractivity contribution in [1.29, 1.82) is 0 Å². The highest BCUT2D eigenvalue weighted by atomic mass is 16.5. The van der Waals surface area contributed by atoms with Crippen LogP contribution in [0.1, 0.15) is 58.2 Å². The van der Waals surface area contributed by atoms with Crippen molar-refractivity contribution in [3.05, 3.63) is 11.7 Å². The Morgan fingerprint density at radius 2 is 2.00 bits per heavy atom. The second-order valence-corrected chi connectivity index (χ2v) is 6.40. The van der Waals surface area contributed by atoms with E-state index < -0.39 is 0 Å². The van der Waals surface area contributed by atoms with Crippen molar-refractivity contribution in [3.8, 4) is 0 Å². The van der Waals surface area contributed by atoms with E-state index in [-0.39, 0.29) is 12.0 Å². The Morgan fingerprint density at radius 1 is 1.32 bits per heavy atom. The smallest absolute Gasteiger partial charge is 0.232 e. The van der Waals surface area contributed by atoms with Crippen LogP contribution in [0, 0.1) is 0 Å². The van der Waals surface area contributed by atoms with E-state index in [1.165, 1.54) is 25.7 Å². The maximum Gasteiger partial charge on any atom is 0.232 e. The lowest BCUT2D eigenvalue weighted by atomic mass is 9.97. The van der Waals surface area contributed by atoms with Gasteiger partial charge in [0.2, 0.25) is 5.89 Å². The summed E-state index contributed by atoms with van der Waals surface area (Å²) in [6.45, 7) is 7.72. The number of rotatable bonds is 5. The monoisotopic (exact) mass is 267 g/mol. The molecule has 1 aromatic rings. The van der Waals surface area contributed by atoms with Crippen LogP contribution in [0.3, 0.4) is 0 Å². The Morgan fingerprint density at radius 3 is 2.53 bits per heavy atom. The molecule has 1 fully saturated rings. The summed E-state index contributed by atoms with van der Waals surface area (Å²) >= 11 is 0. The van der Waals surface area contributed by atoms with E-state index in [1.54, 1.807) is 0 Å². The van der Waals surface area contributed by atoms with Crippen molar-refractivity contribution in [1.82, 2.24) is 15.0 Å². The number of aromatic nitrogens is 2. The number of nitrogens with zero attached hydrogens (tertiary/aromatic N) is 3. The highest BCUT2D eigenvalue weighted by molar-refractivity contribution is 4.98. The molecule has 0 aliphatic heterocycles. The molecule has 108 valence electrons. The lowest BCUT2D eigenvalue weighted by molar-refractivity contribution is 0.140. The minimum atomic E-state index is -0.111. The summed E-state index contributed by atoms with van der Waals surface area (Å²) in [5.74, 6) is 1.41. The predicted molar refractivity (Wildman–Crippen MR) is 72.7 cm³/mol. The fraction of sp³-hybridized carbons (Fsp3) is 0.857. The minimum Gasteiger partial charge on any atom is -0.395 e. The van der Waals surface area contributed by atoms with E-state index in [9.17, 15) is 5.11 Å². The second-order valence-electron chi connectivity index (χ2n) is 6.40. The van der Waals surface area contributed by atoms with E-state index in [1.807, 2.05) is 0 Å². The van der Waals surface area contributed by atoms with Crippen LogP contribution in [0.2, 0.25) is 0 Å². The third kappa shape index (κ3) is 3.76. The fourth-order valence-corrected chi connectivity index (χ4v) is 2.59. The maximum absolute atomic E-state index is 9.20. The summed E-state index contributed by atoms with van der Waals surface area (Å²) in [5, 5.41) is 13.3. The Kier molecular flexibility index (Phi) is 4.58. The molecular formula is C14H25N3O2. The van der Waals surface area contributed by atoms with Crippen molar-refractivity contribution >= 4 is 0 Å². The first-order valence-electron chi connectivity index (χ1n) is 7.18. The Labute approximate surface area is 115 Å². The van der Waals surface area contributed by atoms with Crippen LogP contribution in [-0.4, -0.2) is 39.3 Å². The topological polar surface area (TPSA) is 62.4 Å². The Hall–Kier alpha value is -0.940. The van der Waals surface area contributed by atoms with Gasteiger partial charge in [-0.2, -0.15) is 4.98 Å². The lowest BCUT2D eigenvalue weighted by Gasteiger charge is -2.26. The van der Waals surface area contributed by atoms with Gasteiger partial charge in [-0.1, -0.05) is 38.8 Å². The summed E-state index contributed by atoms with van der Waals surface area (Å²) < 4.78 is 5.32. The Balaban J connectivity index is 2.02. The molecule has 0 radical (unpaired) electrons. The average molecular weight is 267 g/mol. The highest BCUT2D eigenvalue weighted by Crippen LogP contribution is 2.25. The van der Waals surface area contributed by atoms with Gasteiger partial charge in [0.25, 0.3) is 0 Å². The largest absolute Gasteiger partial charge is 0.395 e. The molecule has 0 amide bonds. The summed E-state index contributed by atoms with van der Waals surface area (Å²) in [6, 6.07) is 0.559. The average Bonchev–Trinajstić information content (AvgIpc) is 2.98. The molecule has 0 unspecified atom stereocenters. The van der Waals surface area contributed by atoms with Gasteiger partial charge in [-0.05, 0) is 12.8 Å².